The lowest BCUT2D eigenvalue weighted by Crippen LogP contribution is -2.32. The van der Waals surface area contributed by atoms with E-state index in [1.165, 1.54) is 4.68 Å². The highest BCUT2D eigenvalue weighted by molar-refractivity contribution is 5.50. The lowest BCUT2D eigenvalue weighted by atomic mass is 9.97. The summed E-state index contributed by atoms with van der Waals surface area (Å²) in [5, 5.41) is 28.2. The SMILES string of the molecule is CCC(C)n1ncn(-c2ccc(NCCNc3ccc(OC[C@@H]4CO[C@](Cc5ccnnc5)(c5ccc(C#N)cc5)O4)cc3)cc2)c1=O. The Morgan fingerprint density at radius 1 is 1.00 bits per heavy atom. The summed E-state index contributed by atoms with van der Waals surface area (Å²) in [5.74, 6) is -0.295. The van der Waals surface area contributed by atoms with Crippen LogP contribution in [0.3, 0.4) is 0 Å². The summed E-state index contributed by atoms with van der Waals surface area (Å²) in [4.78, 5) is 12.7. The topological polar surface area (TPSA) is 141 Å². The first-order chi connectivity index (χ1) is 23.5. The molecule has 1 aliphatic heterocycles. The van der Waals surface area contributed by atoms with Crippen LogP contribution in [0.2, 0.25) is 0 Å². The van der Waals surface area contributed by atoms with E-state index >= 15 is 0 Å². The third-order valence-corrected chi connectivity index (χ3v) is 8.32. The summed E-state index contributed by atoms with van der Waals surface area (Å²) in [7, 11) is 0. The fraction of sp³-hybridized carbons (Fsp3) is 0.306. The molecule has 1 fully saturated rings. The number of anilines is 2. The molecule has 2 N–H and O–H groups in total. The van der Waals surface area contributed by atoms with Gasteiger partial charge in [0.25, 0.3) is 0 Å². The smallest absolute Gasteiger partial charge is 0.350 e. The van der Waals surface area contributed by atoms with Crippen molar-refractivity contribution in [2.24, 2.45) is 0 Å². The molecule has 0 radical (unpaired) electrons. The van der Waals surface area contributed by atoms with Crippen LogP contribution in [-0.4, -0.2) is 57.0 Å². The summed E-state index contributed by atoms with van der Waals surface area (Å²) in [6.45, 7) is 6.11. The van der Waals surface area contributed by atoms with Crippen LogP contribution in [0.5, 0.6) is 5.75 Å². The highest BCUT2D eigenvalue weighted by Gasteiger charge is 2.43. The fourth-order valence-corrected chi connectivity index (χ4v) is 5.46. The van der Waals surface area contributed by atoms with E-state index in [-0.39, 0.29) is 17.8 Å². The van der Waals surface area contributed by atoms with E-state index in [4.69, 9.17) is 14.2 Å². The highest BCUT2D eigenvalue weighted by Crippen LogP contribution is 2.38. The highest BCUT2D eigenvalue weighted by atomic mass is 16.8. The molecule has 12 heteroatoms. The van der Waals surface area contributed by atoms with Crippen LogP contribution in [0.4, 0.5) is 11.4 Å². The Hall–Kier alpha value is -5.51. The van der Waals surface area contributed by atoms with Gasteiger partial charge in [-0.25, -0.2) is 14.0 Å². The molecule has 3 atom stereocenters. The molecule has 5 aromatic rings. The van der Waals surface area contributed by atoms with E-state index in [9.17, 15) is 10.1 Å². The number of nitrogens with one attached hydrogen (secondary N) is 2. The van der Waals surface area contributed by atoms with Gasteiger partial charge in [-0.3, -0.25) is 0 Å². The minimum atomic E-state index is -1.02. The zero-order valence-electron chi connectivity index (χ0n) is 27.0. The van der Waals surface area contributed by atoms with Gasteiger partial charge >= 0.3 is 5.69 Å². The van der Waals surface area contributed by atoms with Crippen molar-refractivity contribution in [2.75, 3.05) is 36.9 Å². The van der Waals surface area contributed by atoms with Crippen molar-refractivity contribution >= 4 is 11.4 Å². The van der Waals surface area contributed by atoms with E-state index in [0.717, 1.165) is 40.4 Å². The van der Waals surface area contributed by atoms with Crippen LogP contribution in [0.25, 0.3) is 5.69 Å². The number of hydrogen-bond acceptors (Lipinski definition) is 10. The summed E-state index contributed by atoms with van der Waals surface area (Å²) >= 11 is 0. The van der Waals surface area contributed by atoms with Gasteiger partial charge in [0, 0.05) is 42.6 Å². The molecule has 3 heterocycles. The average Bonchev–Trinajstić information content (AvgIpc) is 3.73. The van der Waals surface area contributed by atoms with Gasteiger partial charge in [-0.2, -0.15) is 20.6 Å². The number of nitriles is 1. The van der Waals surface area contributed by atoms with Crippen molar-refractivity contribution < 1.29 is 14.2 Å². The van der Waals surface area contributed by atoms with E-state index < -0.39 is 5.79 Å². The largest absolute Gasteiger partial charge is 0.491 e. The first kappa shape index (κ1) is 32.4. The molecule has 246 valence electrons. The molecule has 0 aliphatic carbocycles. The molecule has 1 saturated heterocycles. The second kappa shape index (κ2) is 14.9. The summed E-state index contributed by atoms with van der Waals surface area (Å²) in [6, 6.07) is 26.9. The number of hydrogen-bond donors (Lipinski definition) is 2. The first-order valence-electron chi connectivity index (χ1n) is 16.0. The Balaban J connectivity index is 0.968. The summed E-state index contributed by atoms with van der Waals surface area (Å²) < 4.78 is 21.9. The van der Waals surface area contributed by atoms with Gasteiger partial charge in [-0.15, -0.1) is 0 Å². The van der Waals surface area contributed by atoms with E-state index in [2.05, 4.69) is 32.0 Å². The summed E-state index contributed by atoms with van der Waals surface area (Å²) in [6.07, 6.45) is 5.90. The van der Waals surface area contributed by atoms with Gasteiger partial charge in [0.05, 0.1) is 36.2 Å². The van der Waals surface area contributed by atoms with Crippen molar-refractivity contribution in [3.05, 3.63) is 125 Å². The fourth-order valence-electron chi connectivity index (χ4n) is 5.46. The van der Waals surface area contributed by atoms with Gasteiger partial charge in [0.1, 0.15) is 24.8 Å². The molecule has 1 unspecified atom stereocenters. The number of ether oxygens (including phenoxy) is 3. The van der Waals surface area contributed by atoms with E-state index in [1.807, 2.05) is 80.6 Å². The Kier molecular flexibility index (Phi) is 10.1. The summed E-state index contributed by atoms with van der Waals surface area (Å²) in [5.41, 5.74) is 4.90. The number of rotatable bonds is 14. The molecule has 0 spiro atoms. The minimum Gasteiger partial charge on any atom is -0.491 e. The zero-order valence-corrected chi connectivity index (χ0v) is 27.0. The van der Waals surface area contributed by atoms with Crippen molar-refractivity contribution in [1.82, 2.24) is 24.5 Å². The Bertz CT molecular complexity index is 1870. The quantitative estimate of drug-likeness (QED) is 0.157. The molecule has 0 bridgehead atoms. The van der Waals surface area contributed by atoms with Crippen LogP contribution < -0.4 is 21.1 Å². The molecule has 2 aromatic heterocycles. The van der Waals surface area contributed by atoms with Crippen molar-refractivity contribution in [3.63, 3.8) is 0 Å². The normalized spacial score (nSPS) is 17.8. The second-order valence-corrected chi connectivity index (χ2v) is 11.6. The molecule has 0 amide bonds. The third kappa shape index (κ3) is 7.54. The monoisotopic (exact) mass is 646 g/mol. The molecular weight excluding hydrogens is 608 g/mol. The zero-order chi connectivity index (χ0) is 33.3. The van der Waals surface area contributed by atoms with E-state index in [0.29, 0.717) is 38.3 Å². The van der Waals surface area contributed by atoms with Gasteiger partial charge in [0.15, 0.2) is 5.79 Å². The molecule has 0 saturated carbocycles. The molecular formula is C36H38N8O4. The van der Waals surface area contributed by atoms with Crippen LogP contribution in [-0.2, 0) is 21.7 Å². The van der Waals surface area contributed by atoms with Gasteiger partial charge < -0.3 is 24.8 Å². The Labute approximate surface area is 278 Å². The van der Waals surface area contributed by atoms with Crippen molar-refractivity contribution in [3.8, 4) is 17.5 Å². The predicted octanol–water partition coefficient (Wildman–Crippen LogP) is 5.08. The lowest BCUT2D eigenvalue weighted by Gasteiger charge is -2.29. The van der Waals surface area contributed by atoms with Gasteiger partial charge in [-0.05, 0) is 85.6 Å². The van der Waals surface area contributed by atoms with Gasteiger partial charge in [0.2, 0.25) is 0 Å². The molecule has 48 heavy (non-hydrogen) atoms. The maximum absolute atomic E-state index is 12.7. The maximum atomic E-state index is 12.7. The molecule has 12 nitrogen and oxygen atoms in total. The molecule has 1 aliphatic rings. The Morgan fingerprint density at radius 3 is 2.35 bits per heavy atom. The maximum Gasteiger partial charge on any atom is 0.350 e. The third-order valence-electron chi connectivity index (χ3n) is 8.32. The van der Waals surface area contributed by atoms with Crippen LogP contribution in [0, 0.1) is 11.3 Å². The predicted molar refractivity (Wildman–Crippen MR) is 181 cm³/mol. The average molecular weight is 647 g/mol. The molecule has 3 aromatic carbocycles. The molecule has 6 rings (SSSR count). The number of aromatic nitrogens is 5. The van der Waals surface area contributed by atoms with Crippen LogP contribution >= 0.6 is 0 Å². The first-order valence-corrected chi connectivity index (χ1v) is 16.0. The van der Waals surface area contributed by atoms with Crippen molar-refractivity contribution in [1.29, 1.82) is 5.26 Å². The van der Waals surface area contributed by atoms with Crippen LogP contribution in [0.1, 0.15) is 43.0 Å². The van der Waals surface area contributed by atoms with Crippen molar-refractivity contribution in [2.45, 2.75) is 44.6 Å². The number of benzene rings is 3. The minimum absolute atomic E-state index is 0.0580. The lowest BCUT2D eigenvalue weighted by molar-refractivity contribution is -0.178. The van der Waals surface area contributed by atoms with E-state index in [1.54, 1.807) is 35.4 Å². The van der Waals surface area contributed by atoms with Gasteiger partial charge in [-0.1, -0.05) is 19.1 Å². The Morgan fingerprint density at radius 2 is 1.71 bits per heavy atom. The number of nitrogens with zero attached hydrogens (tertiary/aromatic N) is 6. The van der Waals surface area contributed by atoms with Crippen LogP contribution in [0.15, 0.2) is 102 Å². The standard InChI is InChI=1S/C36H38N8O4/c1-3-26(2)44-35(45)43(25-42-44)32-12-8-30(9-13-32)38-18-19-39-31-10-14-33(15-11-31)46-23-34-24-47-36(48-34,20-28-16-17-40-41-22-28)29-6-4-27(21-37)5-7-29/h4-17,22,25-26,34,38-39H,3,18-20,23-24H2,1-2H3/t26?,34-,36+/m1/s1. The second-order valence-electron chi connectivity index (χ2n) is 11.6.